The lowest BCUT2D eigenvalue weighted by Crippen LogP contribution is -2.47. The summed E-state index contributed by atoms with van der Waals surface area (Å²) in [7, 11) is -4.00. The third-order valence-electron chi connectivity index (χ3n) is 3.49. The maximum Gasteiger partial charge on any atom is 0.340 e. The highest BCUT2D eigenvalue weighted by atomic mass is 35.5. The highest BCUT2D eigenvalue weighted by Gasteiger charge is 2.28. The van der Waals surface area contributed by atoms with Crippen molar-refractivity contribution in [2.75, 3.05) is 0 Å². The smallest absolute Gasteiger partial charge is 0.340 e. The summed E-state index contributed by atoms with van der Waals surface area (Å²) in [5.41, 5.74) is -0.173. The van der Waals surface area contributed by atoms with Crippen LogP contribution in [-0.2, 0) is 19.6 Å². The van der Waals surface area contributed by atoms with E-state index in [4.69, 9.17) is 21.5 Å². The normalized spacial score (nSPS) is 13.0. The van der Waals surface area contributed by atoms with Gasteiger partial charge in [-0.15, -0.1) is 0 Å². The number of nitrogens with two attached hydrogens (primary N) is 1. The van der Waals surface area contributed by atoms with Gasteiger partial charge >= 0.3 is 5.97 Å². The molecule has 0 saturated heterocycles. The fourth-order valence-electron chi connectivity index (χ4n) is 2.43. The second-order valence-electron chi connectivity index (χ2n) is 6.17. The Kier molecular flexibility index (Phi) is 6.99. The molecule has 0 aromatic heterocycles. The quantitative estimate of drug-likeness (QED) is 0.749. The average molecular weight is 391 g/mol. The molecule has 0 unspecified atom stereocenters. The third-order valence-corrected chi connectivity index (χ3v) is 4.73. The predicted octanol–water partition coefficient (Wildman–Crippen LogP) is 2.18. The van der Waals surface area contributed by atoms with Gasteiger partial charge in [-0.25, -0.2) is 18.4 Å². The van der Waals surface area contributed by atoms with Crippen LogP contribution in [0.2, 0.25) is 5.02 Å². The van der Waals surface area contributed by atoms with Gasteiger partial charge in [0.15, 0.2) is 6.10 Å². The Labute approximate surface area is 153 Å². The van der Waals surface area contributed by atoms with Crippen LogP contribution in [0.5, 0.6) is 0 Å². The van der Waals surface area contributed by atoms with E-state index in [1.165, 1.54) is 19.1 Å². The Balaban J connectivity index is 3.04. The molecule has 1 amide bonds. The van der Waals surface area contributed by atoms with E-state index in [0.29, 0.717) is 0 Å². The van der Waals surface area contributed by atoms with Crippen molar-refractivity contribution in [1.82, 2.24) is 4.90 Å². The zero-order valence-electron chi connectivity index (χ0n) is 14.8. The predicted molar refractivity (Wildman–Crippen MR) is 94.8 cm³/mol. The van der Waals surface area contributed by atoms with E-state index in [2.05, 4.69) is 0 Å². The van der Waals surface area contributed by atoms with Crippen LogP contribution in [0.25, 0.3) is 0 Å². The summed E-state index contributed by atoms with van der Waals surface area (Å²) in [5, 5.41) is 5.05. The number of amides is 1. The second kappa shape index (κ2) is 8.16. The van der Waals surface area contributed by atoms with Gasteiger partial charge in [-0.05, 0) is 52.8 Å². The number of carbonyl (C=O) groups excluding carboxylic acids is 2. The topological polar surface area (TPSA) is 107 Å². The molecular weight excluding hydrogens is 368 g/mol. The van der Waals surface area contributed by atoms with Gasteiger partial charge in [0, 0.05) is 12.1 Å². The minimum atomic E-state index is -4.00. The van der Waals surface area contributed by atoms with Crippen molar-refractivity contribution in [3.05, 3.63) is 28.8 Å². The largest absolute Gasteiger partial charge is 0.449 e. The van der Waals surface area contributed by atoms with Gasteiger partial charge in [0.2, 0.25) is 10.0 Å². The highest BCUT2D eigenvalue weighted by Crippen LogP contribution is 2.21. The molecule has 140 valence electrons. The van der Waals surface area contributed by atoms with Gasteiger partial charge in [0.1, 0.15) is 0 Å². The third kappa shape index (κ3) is 5.42. The number of carbonyl (C=O) groups is 2. The Morgan fingerprint density at radius 1 is 1.12 bits per heavy atom. The van der Waals surface area contributed by atoms with Crippen molar-refractivity contribution in [3.8, 4) is 0 Å². The molecule has 0 heterocycles. The molecule has 0 aliphatic heterocycles. The average Bonchev–Trinajstić information content (AvgIpc) is 2.45. The number of nitrogens with zero attached hydrogens (tertiary/aromatic N) is 1. The minimum Gasteiger partial charge on any atom is -0.449 e. The van der Waals surface area contributed by atoms with E-state index < -0.39 is 22.1 Å². The van der Waals surface area contributed by atoms with Crippen molar-refractivity contribution in [2.24, 2.45) is 5.14 Å². The van der Waals surface area contributed by atoms with Crippen molar-refractivity contribution in [3.63, 3.8) is 0 Å². The zero-order chi connectivity index (χ0) is 19.5. The van der Waals surface area contributed by atoms with Crippen molar-refractivity contribution >= 4 is 33.5 Å². The second-order valence-corrected chi connectivity index (χ2v) is 8.14. The fourth-order valence-corrected chi connectivity index (χ4v) is 3.16. The molecule has 2 N–H and O–H groups in total. The fraction of sp³-hybridized carbons (Fsp3) is 0.500. The number of ether oxygens (including phenoxy) is 1. The molecule has 0 aliphatic rings. The van der Waals surface area contributed by atoms with Gasteiger partial charge in [-0.3, -0.25) is 4.79 Å². The number of benzene rings is 1. The molecule has 0 aliphatic carbocycles. The summed E-state index contributed by atoms with van der Waals surface area (Å²) in [4.78, 5) is 26.1. The lowest BCUT2D eigenvalue weighted by atomic mass is 10.2. The van der Waals surface area contributed by atoms with E-state index in [1.54, 1.807) is 4.90 Å². The van der Waals surface area contributed by atoms with Gasteiger partial charge in [0.25, 0.3) is 5.91 Å². The zero-order valence-corrected chi connectivity index (χ0v) is 16.4. The van der Waals surface area contributed by atoms with Crippen LogP contribution in [0.4, 0.5) is 0 Å². The molecule has 7 nitrogen and oxygen atoms in total. The molecule has 0 fully saturated rings. The summed E-state index contributed by atoms with van der Waals surface area (Å²) in [6, 6.07) is 3.31. The Hall–Kier alpha value is -1.64. The number of esters is 1. The standard InChI is InChI=1S/C16H23ClN2O5S/c1-9(2)19(10(3)4)15(20)11(5)24-16(21)13-8-12(25(18,22)23)6-7-14(13)17/h6-11H,1-5H3,(H2,18,22,23)/t11-/m0/s1. The molecule has 1 aromatic rings. The van der Waals surface area contributed by atoms with Crippen LogP contribution in [0.15, 0.2) is 23.1 Å². The SMILES string of the molecule is CC(C)N(C(=O)[C@H](C)OC(=O)c1cc(S(N)(=O)=O)ccc1Cl)C(C)C. The number of hydrogen-bond donors (Lipinski definition) is 1. The maximum absolute atomic E-state index is 12.5. The Morgan fingerprint density at radius 2 is 1.64 bits per heavy atom. The van der Waals surface area contributed by atoms with Crippen LogP contribution in [0.3, 0.4) is 0 Å². The molecule has 25 heavy (non-hydrogen) atoms. The Bertz CT molecular complexity index is 754. The van der Waals surface area contributed by atoms with Crippen LogP contribution in [0, 0.1) is 0 Å². The lowest BCUT2D eigenvalue weighted by molar-refractivity contribution is -0.143. The molecule has 0 radical (unpaired) electrons. The van der Waals surface area contributed by atoms with Crippen molar-refractivity contribution in [1.29, 1.82) is 0 Å². The van der Waals surface area contributed by atoms with Crippen molar-refractivity contribution < 1.29 is 22.7 Å². The molecule has 1 aromatic carbocycles. The number of hydrogen-bond acceptors (Lipinski definition) is 5. The first kappa shape index (κ1) is 21.4. The van der Waals surface area contributed by atoms with Gasteiger partial charge in [-0.2, -0.15) is 0 Å². The molecule has 1 atom stereocenters. The van der Waals surface area contributed by atoms with Gasteiger partial charge in [-0.1, -0.05) is 11.6 Å². The van der Waals surface area contributed by atoms with Crippen LogP contribution in [-0.4, -0.2) is 43.4 Å². The number of sulfonamides is 1. The van der Waals surface area contributed by atoms with Crippen LogP contribution < -0.4 is 5.14 Å². The number of rotatable bonds is 6. The molecule has 0 saturated carbocycles. The summed E-state index contributed by atoms with van der Waals surface area (Å²) in [6.45, 7) is 8.89. The molecule has 1 rings (SSSR count). The van der Waals surface area contributed by atoms with E-state index >= 15 is 0 Å². The molecule has 0 spiro atoms. The molecular formula is C16H23ClN2O5S. The van der Waals surface area contributed by atoms with E-state index in [-0.39, 0.29) is 33.5 Å². The first-order chi connectivity index (χ1) is 11.4. The monoisotopic (exact) mass is 390 g/mol. The van der Waals surface area contributed by atoms with E-state index in [1.807, 2.05) is 27.7 Å². The summed E-state index contributed by atoms with van der Waals surface area (Å²) < 4.78 is 28.0. The van der Waals surface area contributed by atoms with Crippen LogP contribution in [0.1, 0.15) is 45.0 Å². The number of halogens is 1. The Morgan fingerprint density at radius 3 is 2.08 bits per heavy atom. The lowest BCUT2D eigenvalue weighted by Gasteiger charge is -2.32. The van der Waals surface area contributed by atoms with Crippen molar-refractivity contribution in [2.45, 2.75) is 57.7 Å². The van der Waals surface area contributed by atoms with Gasteiger partial charge < -0.3 is 9.64 Å². The van der Waals surface area contributed by atoms with E-state index in [9.17, 15) is 18.0 Å². The first-order valence-corrected chi connectivity index (χ1v) is 9.64. The summed E-state index contributed by atoms with van der Waals surface area (Å²) in [5.74, 6) is -1.25. The van der Waals surface area contributed by atoms with Gasteiger partial charge in [0.05, 0.1) is 15.5 Å². The summed E-state index contributed by atoms with van der Waals surface area (Å²) >= 11 is 5.94. The molecule has 9 heteroatoms. The maximum atomic E-state index is 12.5. The molecule has 0 bridgehead atoms. The van der Waals surface area contributed by atoms with Crippen LogP contribution >= 0.6 is 11.6 Å². The van der Waals surface area contributed by atoms with E-state index in [0.717, 1.165) is 6.07 Å². The minimum absolute atomic E-state index is 0.00150. The highest BCUT2D eigenvalue weighted by molar-refractivity contribution is 7.89. The summed E-state index contributed by atoms with van der Waals surface area (Å²) in [6.07, 6.45) is -1.05. The first-order valence-electron chi connectivity index (χ1n) is 7.71. The number of primary sulfonamides is 1.